The Morgan fingerprint density at radius 1 is 1.60 bits per heavy atom. The highest BCUT2D eigenvalue weighted by Crippen LogP contribution is 2.00. The van der Waals surface area contributed by atoms with Gasteiger partial charge in [0.05, 0.1) is 11.7 Å². The molecule has 0 saturated carbocycles. The van der Waals surface area contributed by atoms with Crippen LogP contribution in [0.4, 0.5) is 0 Å². The van der Waals surface area contributed by atoms with Gasteiger partial charge in [-0.15, -0.1) is 0 Å². The van der Waals surface area contributed by atoms with Gasteiger partial charge in [-0.3, -0.25) is 4.79 Å². The smallest absolute Gasteiger partial charge is 0.221 e. The fraction of sp³-hybridized carbons (Fsp3) is 0.800. The van der Waals surface area contributed by atoms with Gasteiger partial charge in [0, 0.05) is 0 Å². The fourth-order valence-electron chi connectivity index (χ4n) is 0.600. The van der Waals surface area contributed by atoms with Gasteiger partial charge < -0.3 is 5.73 Å². The highest BCUT2D eigenvalue weighted by Gasteiger charge is 2.12. The molecule has 1 amide bonds. The number of thiol groups is 1. The van der Waals surface area contributed by atoms with Crippen molar-refractivity contribution in [2.24, 2.45) is 11.7 Å². The molecule has 1 atom stereocenters. The molecule has 0 aliphatic heterocycles. The van der Waals surface area contributed by atoms with Crippen LogP contribution in [0.1, 0.15) is 13.3 Å². The van der Waals surface area contributed by atoms with Gasteiger partial charge in [0.15, 0.2) is 0 Å². The summed E-state index contributed by atoms with van der Waals surface area (Å²) in [4.78, 5) is 10.4. The van der Waals surface area contributed by atoms with Crippen molar-refractivity contribution in [2.45, 2.75) is 13.3 Å². The van der Waals surface area contributed by atoms with Crippen LogP contribution < -0.4 is 5.73 Å². The standard InChI is InChI=1S/C5H11NO3S/c1-2-4(5(6)7)3-10(8)9/h4,10H,2-3H2,1H3,(H2,6,7). The maximum atomic E-state index is 10.4. The minimum absolute atomic E-state index is 0.124. The molecule has 0 rings (SSSR count). The molecule has 4 nitrogen and oxygen atoms in total. The first-order valence-electron chi connectivity index (χ1n) is 2.99. The van der Waals surface area contributed by atoms with Crippen molar-refractivity contribution in [3.63, 3.8) is 0 Å². The van der Waals surface area contributed by atoms with E-state index in [-0.39, 0.29) is 5.75 Å². The van der Waals surface area contributed by atoms with Crippen molar-refractivity contribution in [1.82, 2.24) is 0 Å². The molecule has 0 fully saturated rings. The summed E-state index contributed by atoms with van der Waals surface area (Å²) in [5.41, 5.74) is 4.89. The maximum absolute atomic E-state index is 10.4. The van der Waals surface area contributed by atoms with Crippen LogP contribution in [0.25, 0.3) is 0 Å². The van der Waals surface area contributed by atoms with Crippen molar-refractivity contribution in [2.75, 3.05) is 5.75 Å². The highest BCUT2D eigenvalue weighted by molar-refractivity contribution is 7.72. The van der Waals surface area contributed by atoms with Crippen molar-refractivity contribution >= 4 is 16.6 Å². The van der Waals surface area contributed by atoms with Crippen LogP contribution in [-0.2, 0) is 15.5 Å². The molecule has 0 aromatic rings. The Morgan fingerprint density at radius 2 is 2.10 bits per heavy atom. The van der Waals surface area contributed by atoms with E-state index in [1.54, 1.807) is 6.92 Å². The number of hydrogen-bond acceptors (Lipinski definition) is 3. The molecule has 10 heavy (non-hydrogen) atoms. The molecule has 0 aliphatic carbocycles. The van der Waals surface area contributed by atoms with E-state index in [9.17, 15) is 13.2 Å². The van der Waals surface area contributed by atoms with E-state index in [2.05, 4.69) is 0 Å². The molecule has 60 valence electrons. The Morgan fingerprint density at radius 3 is 2.20 bits per heavy atom. The van der Waals surface area contributed by atoms with Crippen molar-refractivity contribution < 1.29 is 13.2 Å². The number of amides is 1. The zero-order chi connectivity index (χ0) is 8.15. The SMILES string of the molecule is CCC(C[SH](=O)=O)C(N)=O. The molecule has 5 heteroatoms. The van der Waals surface area contributed by atoms with Gasteiger partial charge in [-0.05, 0) is 6.42 Å². The van der Waals surface area contributed by atoms with E-state index >= 15 is 0 Å². The van der Waals surface area contributed by atoms with Gasteiger partial charge in [0.1, 0.15) is 10.7 Å². The average molecular weight is 165 g/mol. The van der Waals surface area contributed by atoms with Gasteiger partial charge in [0.2, 0.25) is 5.91 Å². The Bertz CT molecular complexity index is 179. The van der Waals surface area contributed by atoms with Crippen LogP contribution in [-0.4, -0.2) is 20.1 Å². The topological polar surface area (TPSA) is 77.2 Å². The van der Waals surface area contributed by atoms with Crippen LogP contribution in [0.3, 0.4) is 0 Å². The predicted octanol–water partition coefficient (Wildman–Crippen LogP) is -0.891. The summed E-state index contributed by atoms with van der Waals surface area (Å²) >= 11 is 0. The first kappa shape index (κ1) is 9.42. The first-order chi connectivity index (χ1) is 4.57. The number of primary amides is 1. The Balaban J connectivity index is 3.96. The summed E-state index contributed by atoms with van der Waals surface area (Å²) in [6.07, 6.45) is 0.485. The molecular weight excluding hydrogens is 154 g/mol. The van der Waals surface area contributed by atoms with Crippen LogP contribution in [0.15, 0.2) is 0 Å². The quantitative estimate of drug-likeness (QED) is 0.530. The summed E-state index contributed by atoms with van der Waals surface area (Å²) in [6.45, 7) is 1.73. The Hall–Kier alpha value is -0.580. The second-order valence-electron chi connectivity index (χ2n) is 2.02. The fourth-order valence-corrected chi connectivity index (χ4v) is 1.40. The normalized spacial score (nSPS) is 13.4. The third kappa shape index (κ3) is 3.45. The van der Waals surface area contributed by atoms with Gasteiger partial charge in [-0.25, -0.2) is 8.42 Å². The largest absolute Gasteiger partial charge is 0.369 e. The molecule has 0 saturated heterocycles. The molecule has 2 N–H and O–H groups in total. The summed E-state index contributed by atoms with van der Waals surface area (Å²) in [7, 11) is -2.48. The van der Waals surface area contributed by atoms with E-state index < -0.39 is 22.5 Å². The average Bonchev–Trinajstić information content (AvgIpc) is 1.81. The van der Waals surface area contributed by atoms with Gasteiger partial charge in [-0.1, -0.05) is 6.92 Å². The lowest BCUT2D eigenvalue weighted by Gasteiger charge is -2.03. The minimum Gasteiger partial charge on any atom is -0.369 e. The molecule has 0 heterocycles. The molecule has 0 aromatic carbocycles. The van der Waals surface area contributed by atoms with Gasteiger partial charge in [0.25, 0.3) is 0 Å². The van der Waals surface area contributed by atoms with E-state index in [0.717, 1.165) is 0 Å². The molecule has 0 spiro atoms. The summed E-state index contributed by atoms with van der Waals surface area (Å²) in [6, 6.07) is 0. The number of nitrogens with two attached hydrogens (primary N) is 1. The second-order valence-corrected chi connectivity index (χ2v) is 3.05. The van der Waals surface area contributed by atoms with Gasteiger partial charge in [-0.2, -0.15) is 0 Å². The van der Waals surface area contributed by atoms with Crippen LogP contribution in [0.2, 0.25) is 0 Å². The zero-order valence-corrected chi connectivity index (χ0v) is 6.64. The van der Waals surface area contributed by atoms with Crippen molar-refractivity contribution in [3.05, 3.63) is 0 Å². The lowest BCUT2D eigenvalue weighted by molar-refractivity contribution is -0.121. The number of carbonyl (C=O) groups excluding carboxylic acids is 1. The summed E-state index contributed by atoms with van der Waals surface area (Å²) in [5, 5.41) is 0. The van der Waals surface area contributed by atoms with Crippen molar-refractivity contribution in [1.29, 1.82) is 0 Å². The molecule has 1 unspecified atom stereocenters. The molecular formula is C5H11NO3S. The van der Waals surface area contributed by atoms with Crippen LogP contribution in [0.5, 0.6) is 0 Å². The van der Waals surface area contributed by atoms with Gasteiger partial charge >= 0.3 is 0 Å². The highest BCUT2D eigenvalue weighted by atomic mass is 32.2. The Labute approximate surface area is 61.4 Å². The molecule has 0 aliphatic rings. The van der Waals surface area contributed by atoms with Crippen LogP contribution in [0, 0.1) is 5.92 Å². The number of carbonyl (C=O) groups is 1. The second kappa shape index (κ2) is 4.27. The monoisotopic (exact) mass is 165 g/mol. The molecule has 0 bridgehead atoms. The third-order valence-electron chi connectivity index (χ3n) is 1.26. The molecule has 0 aromatic heterocycles. The summed E-state index contributed by atoms with van der Waals surface area (Å²) < 4.78 is 20.2. The lowest BCUT2D eigenvalue weighted by Crippen LogP contribution is -2.25. The third-order valence-corrected chi connectivity index (χ3v) is 2.00. The Kier molecular flexibility index (Phi) is 4.02. The van der Waals surface area contributed by atoms with Crippen LogP contribution >= 0.6 is 0 Å². The van der Waals surface area contributed by atoms with E-state index in [1.165, 1.54) is 0 Å². The maximum Gasteiger partial charge on any atom is 0.221 e. The van der Waals surface area contributed by atoms with E-state index in [0.29, 0.717) is 6.42 Å². The van der Waals surface area contributed by atoms with Crippen molar-refractivity contribution in [3.8, 4) is 0 Å². The minimum atomic E-state index is -2.48. The first-order valence-corrected chi connectivity index (χ1v) is 4.35. The predicted molar refractivity (Wildman–Crippen MR) is 38.2 cm³/mol. The molecule has 0 radical (unpaired) electrons. The summed E-state index contributed by atoms with van der Waals surface area (Å²) in [5.74, 6) is -1.18. The van der Waals surface area contributed by atoms with E-state index in [1.807, 2.05) is 0 Å². The van der Waals surface area contributed by atoms with E-state index in [4.69, 9.17) is 5.73 Å². The lowest BCUT2D eigenvalue weighted by atomic mass is 10.1. The number of rotatable bonds is 4. The number of hydrogen-bond donors (Lipinski definition) is 2. The zero-order valence-electron chi connectivity index (χ0n) is 5.74.